The highest BCUT2D eigenvalue weighted by atomic mass is 16.6. The summed E-state index contributed by atoms with van der Waals surface area (Å²) in [6.07, 6.45) is 0. The summed E-state index contributed by atoms with van der Waals surface area (Å²) in [6.45, 7) is 0. The quantitative estimate of drug-likeness (QED) is 0.249. The number of ether oxygens (including phenoxy) is 1. The van der Waals surface area contributed by atoms with Gasteiger partial charge in [-0.05, 0) is 30.3 Å². The number of fused-ring (bicyclic) bond motifs is 10. The van der Waals surface area contributed by atoms with Gasteiger partial charge in [-0.1, -0.05) is 0 Å². The molecule has 3 heterocycles. The molecule has 0 spiro atoms. The number of hydrogen-bond donors (Lipinski definition) is 4. The van der Waals surface area contributed by atoms with E-state index in [-0.39, 0.29) is 22.6 Å². The first kappa shape index (κ1) is 14.2. The third kappa shape index (κ3) is 1.61. The van der Waals surface area contributed by atoms with Crippen molar-refractivity contribution in [2.75, 3.05) is 0 Å². The Kier molecular flexibility index (Phi) is 2.31. The molecule has 0 atom stereocenters. The number of cyclic esters (lactones) is 2. The molecule has 0 saturated heterocycles. The zero-order chi connectivity index (χ0) is 18.4. The van der Waals surface area contributed by atoms with Crippen molar-refractivity contribution in [3.8, 4) is 11.5 Å². The van der Waals surface area contributed by atoms with Crippen LogP contribution in [0.3, 0.4) is 0 Å². The molecule has 0 radical (unpaired) electrons. The number of nitrogens with one attached hydrogen (secondary N) is 2. The Hall–Kier alpha value is -4.00. The smallest absolute Gasteiger partial charge is 0.347 e. The average molecular weight is 358 g/mol. The highest BCUT2D eigenvalue weighted by molar-refractivity contribution is 6.36. The SMILES string of the molecule is O=C1OC(=O)c2c1c1c3ccc(O)cc3[nH]c1c1[nH]c3ccc(O)cc3c21. The number of hydrogen-bond acceptors (Lipinski definition) is 5. The molecule has 1 aliphatic heterocycles. The lowest BCUT2D eigenvalue weighted by atomic mass is 9.96. The van der Waals surface area contributed by atoms with E-state index < -0.39 is 11.9 Å². The van der Waals surface area contributed by atoms with E-state index >= 15 is 0 Å². The van der Waals surface area contributed by atoms with Gasteiger partial charge in [0, 0.05) is 33.1 Å². The topological polar surface area (TPSA) is 115 Å². The third-order valence-corrected chi connectivity index (χ3v) is 5.16. The molecule has 1 aliphatic rings. The standard InChI is InChI=1S/C20H10N2O5/c23-7-2-4-11-10(5-7)14-16-15(19(25)27-20(16)26)13-9-3-1-8(24)6-12(9)22-17(13)18(14)21-11/h1-6,21-24H. The molecule has 7 nitrogen and oxygen atoms in total. The van der Waals surface area contributed by atoms with Crippen molar-refractivity contribution in [3.05, 3.63) is 47.5 Å². The van der Waals surface area contributed by atoms with Gasteiger partial charge in [0.05, 0.1) is 27.7 Å². The molecule has 27 heavy (non-hydrogen) atoms. The molecule has 0 amide bonds. The Morgan fingerprint density at radius 3 is 2.04 bits per heavy atom. The van der Waals surface area contributed by atoms with Crippen LogP contribution in [0.15, 0.2) is 36.4 Å². The van der Waals surface area contributed by atoms with E-state index in [0.717, 1.165) is 0 Å². The van der Waals surface area contributed by atoms with E-state index in [0.29, 0.717) is 43.6 Å². The van der Waals surface area contributed by atoms with Crippen LogP contribution in [0.1, 0.15) is 20.7 Å². The number of carbonyl (C=O) groups excluding carboxylic acids is 2. The number of rotatable bonds is 0. The summed E-state index contributed by atoms with van der Waals surface area (Å²) in [4.78, 5) is 31.5. The van der Waals surface area contributed by atoms with Gasteiger partial charge < -0.3 is 24.9 Å². The van der Waals surface area contributed by atoms with Gasteiger partial charge in [0.2, 0.25) is 0 Å². The third-order valence-electron chi connectivity index (χ3n) is 5.16. The zero-order valence-electron chi connectivity index (χ0n) is 13.6. The molecule has 6 rings (SSSR count). The fourth-order valence-corrected chi connectivity index (χ4v) is 4.10. The van der Waals surface area contributed by atoms with Crippen LogP contribution in [0.2, 0.25) is 0 Å². The van der Waals surface area contributed by atoms with E-state index in [9.17, 15) is 19.8 Å². The van der Waals surface area contributed by atoms with Crippen LogP contribution in [0.25, 0.3) is 43.6 Å². The average Bonchev–Trinajstić information content (AvgIpc) is 3.25. The summed E-state index contributed by atoms with van der Waals surface area (Å²) in [6, 6.07) is 9.58. The molecule has 4 N–H and O–H groups in total. The van der Waals surface area contributed by atoms with E-state index in [1.54, 1.807) is 30.3 Å². The van der Waals surface area contributed by atoms with Gasteiger partial charge in [0.25, 0.3) is 0 Å². The molecule has 2 aromatic heterocycles. The first-order chi connectivity index (χ1) is 13.0. The van der Waals surface area contributed by atoms with Crippen molar-refractivity contribution in [1.29, 1.82) is 0 Å². The summed E-state index contributed by atoms with van der Waals surface area (Å²) < 4.78 is 4.92. The van der Waals surface area contributed by atoms with Crippen molar-refractivity contribution >= 4 is 55.6 Å². The van der Waals surface area contributed by atoms with E-state index in [1.807, 2.05) is 0 Å². The van der Waals surface area contributed by atoms with Gasteiger partial charge in [0.1, 0.15) is 11.5 Å². The lowest BCUT2D eigenvalue weighted by Crippen LogP contribution is -1.97. The maximum atomic E-state index is 12.5. The zero-order valence-corrected chi connectivity index (χ0v) is 13.6. The first-order valence-electron chi connectivity index (χ1n) is 8.24. The summed E-state index contributed by atoms with van der Waals surface area (Å²) in [5.74, 6) is -1.27. The Morgan fingerprint density at radius 1 is 0.704 bits per heavy atom. The number of esters is 2. The predicted octanol–water partition coefficient (Wildman–Crippen LogP) is 3.68. The van der Waals surface area contributed by atoms with Crippen molar-refractivity contribution in [3.63, 3.8) is 0 Å². The maximum absolute atomic E-state index is 12.5. The highest BCUT2D eigenvalue weighted by Gasteiger charge is 2.37. The van der Waals surface area contributed by atoms with Crippen molar-refractivity contribution in [2.45, 2.75) is 0 Å². The first-order valence-corrected chi connectivity index (χ1v) is 8.24. The second kappa shape index (κ2) is 4.39. The van der Waals surface area contributed by atoms with Gasteiger partial charge in [-0.25, -0.2) is 9.59 Å². The lowest BCUT2D eigenvalue weighted by molar-refractivity contribution is 0.0445. The largest absolute Gasteiger partial charge is 0.508 e. The van der Waals surface area contributed by atoms with Gasteiger partial charge >= 0.3 is 11.9 Å². The minimum absolute atomic E-state index is 0.0523. The molecule has 0 fully saturated rings. The second-order valence-corrected chi connectivity index (χ2v) is 6.64. The Labute approximate surface area is 149 Å². The van der Waals surface area contributed by atoms with E-state index in [4.69, 9.17) is 4.74 Å². The maximum Gasteiger partial charge on any atom is 0.347 e. The van der Waals surface area contributed by atoms with Crippen LogP contribution in [0.5, 0.6) is 11.5 Å². The van der Waals surface area contributed by atoms with Crippen LogP contribution in [0.4, 0.5) is 0 Å². The van der Waals surface area contributed by atoms with Gasteiger partial charge in [-0.3, -0.25) is 0 Å². The number of aromatic nitrogens is 2. The highest BCUT2D eigenvalue weighted by Crippen LogP contribution is 2.43. The molecule has 5 aromatic rings. The van der Waals surface area contributed by atoms with Crippen LogP contribution in [-0.2, 0) is 4.74 Å². The Bertz CT molecular complexity index is 1510. The number of aromatic hydroxyl groups is 2. The van der Waals surface area contributed by atoms with Crippen molar-refractivity contribution < 1.29 is 24.5 Å². The van der Waals surface area contributed by atoms with Gasteiger partial charge in [0.15, 0.2) is 0 Å². The molecular formula is C20H10N2O5. The summed E-state index contributed by atoms with van der Waals surface area (Å²) >= 11 is 0. The van der Waals surface area contributed by atoms with Crippen LogP contribution in [-0.4, -0.2) is 32.1 Å². The molecular weight excluding hydrogens is 348 g/mol. The monoisotopic (exact) mass is 358 g/mol. The summed E-state index contributed by atoms with van der Waals surface area (Å²) in [5.41, 5.74) is 3.00. The number of H-pyrrole nitrogens is 2. The fraction of sp³-hybridized carbons (Fsp3) is 0. The Morgan fingerprint density at radius 2 is 1.30 bits per heavy atom. The molecule has 0 aliphatic carbocycles. The number of phenolic OH excluding ortho intramolecular Hbond substituents is 2. The lowest BCUT2D eigenvalue weighted by Gasteiger charge is -2.01. The molecule has 0 bridgehead atoms. The Balaban J connectivity index is 1.99. The molecule has 0 saturated carbocycles. The molecule has 0 unspecified atom stereocenters. The van der Waals surface area contributed by atoms with Crippen molar-refractivity contribution in [2.24, 2.45) is 0 Å². The van der Waals surface area contributed by atoms with Crippen molar-refractivity contribution in [1.82, 2.24) is 9.97 Å². The van der Waals surface area contributed by atoms with Gasteiger partial charge in [-0.2, -0.15) is 0 Å². The molecule has 130 valence electrons. The van der Waals surface area contributed by atoms with Gasteiger partial charge in [-0.15, -0.1) is 0 Å². The van der Waals surface area contributed by atoms with Crippen LogP contribution in [0, 0.1) is 0 Å². The molecule has 7 heteroatoms. The minimum Gasteiger partial charge on any atom is -0.508 e. The number of phenols is 2. The predicted molar refractivity (Wildman–Crippen MR) is 98.2 cm³/mol. The molecule has 3 aromatic carbocycles. The summed E-state index contributed by atoms with van der Waals surface area (Å²) in [7, 11) is 0. The fourth-order valence-electron chi connectivity index (χ4n) is 4.10. The summed E-state index contributed by atoms with van der Waals surface area (Å²) in [5, 5.41) is 22.1. The van der Waals surface area contributed by atoms with E-state index in [2.05, 4.69) is 9.97 Å². The number of carbonyl (C=O) groups is 2. The van der Waals surface area contributed by atoms with Crippen LogP contribution >= 0.6 is 0 Å². The van der Waals surface area contributed by atoms with E-state index in [1.165, 1.54) is 6.07 Å². The second-order valence-electron chi connectivity index (χ2n) is 6.64. The number of aromatic amines is 2. The van der Waals surface area contributed by atoms with Crippen LogP contribution < -0.4 is 0 Å². The number of benzene rings is 3. The normalized spacial score (nSPS) is 13.9. The minimum atomic E-state index is -0.709.